The monoisotopic (exact) mass is 626 g/mol. The van der Waals surface area contributed by atoms with E-state index in [0.29, 0.717) is 11.5 Å². The maximum Gasteiger partial charge on any atom is 0.330 e. The molecule has 0 saturated heterocycles. The summed E-state index contributed by atoms with van der Waals surface area (Å²) in [4.78, 5) is 22.8. The molecule has 5 aromatic carbocycles. The molecule has 47 heavy (non-hydrogen) atoms. The van der Waals surface area contributed by atoms with Crippen LogP contribution in [0.2, 0.25) is 0 Å². The van der Waals surface area contributed by atoms with E-state index in [4.69, 9.17) is 23.7 Å². The fourth-order valence-electron chi connectivity index (χ4n) is 6.31. The summed E-state index contributed by atoms with van der Waals surface area (Å²) in [7, 11) is 1.68. The van der Waals surface area contributed by atoms with Crippen molar-refractivity contribution in [2.75, 3.05) is 33.5 Å². The Balaban J connectivity index is 1.46. The summed E-state index contributed by atoms with van der Waals surface area (Å²) in [6.07, 6.45) is 2.26. The van der Waals surface area contributed by atoms with Gasteiger partial charge in [0.1, 0.15) is 43.7 Å². The second-order valence-electron chi connectivity index (χ2n) is 10.9. The van der Waals surface area contributed by atoms with Crippen LogP contribution in [0.4, 0.5) is 0 Å². The molecule has 0 radical (unpaired) electrons. The van der Waals surface area contributed by atoms with Gasteiger partial charge in [0.2, 0.25) is 0 Å². The third-order valence-electron chi connectivity index (χ3n) is 8.33. The molecule has 0 unspecified atom stereocenters. The topological polar surface area (TPSA) is 80.3 Å². The fourth-order valence-corrected chi connectivity index (χ4v) is 6.31. The molecule has 0 fully saturated rings. The lowest BCUT2D eigenvalue weighted by Gasteiger charge is -2.34. The first kappa shape index (κ1) is 31.2. The van der Waals surface area contributed by atoms with E-state index in [1.165, 1.54) is 10.9 Å². The van der Waals surface area contributed by atoms with Crippen molar-refractivity contribution in [1.82, 2.24) is 0 Å². The SMILES string of the molecule is C=CC(=O)OCCOc1ccc(C2(c3ccc(OCCOC(=O)C=C)cc3)c3cc(OC)ccc3-c3c2ccc2ccccc32)cc1. The highest BCUT2D eigenvalue weighted by Gasteiger charge is 2.47. The number of hydrogen-bond acceptors (Lipinski definition) is 7. The predicted molar refractivity (Wildman–Crippen MR) is 181 cm³/mol. The Morgan fingerprint density at radius 3 is 1.74 bits per heavy atom. The summed E-state index contributed by atoms with van der Waals surface area (Å²) < 4.78 is 27.7. The Bertz CT molecular complexity index is 1870. The highest BCUT2D eigenvalue weighted by Crippen LogP contribution is 2.58. The summed E-state index contributed by atoms with van der Waals surface area (Å²) in [6.45, 7) is 7.51. The molecule has 1 aliphatic carbocycles. The quantitative estimate of drug-likeness (QED) is 0.0750. The highest BCUT2D eigenvalue weighted by atomic mass is 16.6. The molecule has 7 nitrogen and oxygen atoms in total. The number of carbonyl (C=O) groups excluding carboxylic acids is 2. The van der Waals surface area contributed by atoms with Crippen LogP contribution in [0.25, 0.3) is 21.9 Å². The molecule has 0 amide bonds. The third-order valence-corrected chi connectivity index (χ3v) is 8.33. The number of esters is 2. The van der Waals surface area contributed by atoms with E-state index in [0.717, 1.165) is 51.1 Å². The van der Waals surface area contributed by atoms with Gasteiger partial charge in [-0.25, -0.2) is 9.59 Å². The van der Waals surface area contributed by atoms with Gasteiger partial charge in [0, 0.05) is 12.2 Å². The number of methoxy groups -OCH3 is 1. The number of carbonyl (C=O) groups is 2. The summed E-state index contributed by atoms with van der Waals surface area (Å²) in [5, 5.41) is 2.33. The van der Waals surface area contributed by atoms with Crippen molar-refractivity contribution in [3.63, 3.8) is 0 Å². The molecule has 0 spiro atoms. The second-order valence-corrected chi connectivity index (χ2v) is 10.9. The van der Waals surface area contributed by atoms with E-state index in [2.05, 4.69) is 86.0 Å². The minimum atomic E-state index is -0.709. The molecule has 0 atom stereocenters. The molecular formula is C40H34O7. The van der Waals surface area contributed by atoms with Crippen molar-refractivity contribution >= 4 is 22.7 Å². The van der Waals surface area contributed by atoms with Crippen LogP contribution >= 0.6 is 0 Å². The van der Waals surface area contributed by atoms with Crippen LogP contribution in [-0.2, 0) is 24.5 Å². The first-order valence-corrected chi connectivity index (χ1v) is 15.3. The van der Waals surface area contributed by atoms with Gasteiger partial charge < -0.3 is 23.7 Å². The molecule has 0 aliphatic heterocycles. The third kappa shape index (κ3) is 5.95. The van der Waals surface area contributed by atoms with E-state index in [9.17, 15) is 9.59 Å². The van der Waals surface area contributed by atoms with Gasteiger partial charge in [-0.1, -0.05) is 79.9 Å². The molecule has 0 N–H and O–H groups in total. The first-order valence-electron chi connectivity index (χ1n) is 15.3. The van der Waals surface area contributed by atoms with E-state index in [-0.39, 0.29) is 26.4 Å². The number of fused-ring (bicyclic) bond motifs is 5. The average Bonchev–Trinajstić information content (AvgIpc) is 3.42. The lowest BCUT2D eigenvalue weighted by atomic mass is 9.67. The maximum atomic E-state index is 11.4. The van der Waals surface area contributed by atoms with Crippen molar-refractivity contribution in [3.8, 4) is 28.4 Å². The van der Waals surface area contributed by atoms with Gasteiger partial charge in [-0.15, -0.1) is 0 Å². The standard InChI is InChI=1S/C40H34O7/c1-4-37(41)46-24-22-44-30-15-11-28(12-16-30)40(29-13-17-31(18-14-29)45-23-25-47-38(42)5-2)35-21-10-27-8-6-7-9-33(27)39(35)34-20-19-32(43-3)26-36(34)40/h4-21,26H,1-2,22-25H2,3H3. The fraction of sp³-hybridized carbons (Fsp3) is 0.150. The van der Waals surface area contributed by atoms with Gasteiger partial charge >= 0.3 is 11.9 Å². The molecule has 6 rings (SSSR count). The van der Waals surface area contributed by atoms with Crippen LogP contribution in [0.5, 0.6) is 17.2 Å². The summed E-state index contributed by atoms with van der Waals surface area (Å²) in [6, 6.07) is 35.2. The van der Waals surface area contributed by atoms with Gasteiger partial charge in [-0.05, 0) is 80.6 Å². The molecule has 7 heteroatoms. The van der Waals surface area contributed by atoms with Crippen molar-refractivity contribution < 1.29 is 33.3 Å². The first-order chi connectivity index (χ1) is 23.0. The van der Waals surface area contributed by atoms with Crippen LogP contribution in [0.1, 0.15) is 22.3 Å². The maximum absolute atomic E-state index is 11.4. The van der Waals surface area contributed by atoms with E-state index in [1.54, 1.807) is 7.11 Å². The zero-order chi connectivity index (χ0) is 32.8. The molecule has 0 aromatic heterocycles. The minimum absolute atomic E-state index is 0.120. The Labute approximate surface area is 273 Å². The molecule has 1 aliphatic rings. The van der Waals surface area contributed by atoms with Crippen molar-refractivity contribution in [3.05, 3.63) is 151 Å². The Hall–Kier alpha value is -5.82. The van der Waals surface area contributed by atoms with E-state index in [1.807, 2.05) is 30.3 Å². The van der Waals surface area contributed by atoms with Crippen LogP contribution in [0.3, 0.4) is 0 Å². The molecule has 0 saturated carbocycles. The molecule has 236 valence electrons. The predicted octanol–water partition coefficient (Wildman–Crippen LogP) is 7.43. The zero-order valence-electron chi connectivity index (χ0n) is 26.1. The van der Waals surface area contributed by atoms with Gasteiger partial charge in [-0.2, -0.15) is 0 Å². The molecule has 5 aromatic rings. The summed E-state index contributed by atoms with van der Waals surface area (Å²) in [5.41, 5.74) is 5.92. The van der Waals surface area contributed by atoms with Crippen LogP contribution < -0.4 is 14.2 Å². The minimum Gasteiger partial charge on any atom is -0.497 e. The summed E-state index contributed by atoms with van der Waals surface area (Å²) >= 11 is 0. The zero-order valence-corrected chi connectivity index (χ0v) is 26.1. The van der Waals surface area contributed by atoms with E-state index >= 15 is 0 Å². The molecular weight excluding hydrogens is 592 g/mol. The van der Waals surface area contributed by atoms with Crippen molar-refractivity contribution in [1.29, 1.82) is 0 Å². The Morgan fingerprint density at radius 1 is 0.638 bits per heavy atom. The van der Waals surface area contributed by atoms with Crippen LogP contribution in [0.15, 0.2) is 128 Å². The largest absolute Gasteiger partial charge is 0.497 e. The Morgan fingerprint density at radius 2 is 1.19 bits per heavy atom. The van der Waals surface area contributed by atoms with Crippen LogP contribution in [0, 0.1) is 0 Å². The van der Waals surface area contributed by atoms with Gasteiger partial charge in [0.15, 0.2) is 0 Å². The molecule has 0 heterocycles. The number of hydrogen-bond donors (Lipinski definition) is 0. The average molecular weight is 627 g/mol. The smallest absolute Gasteiger partial charge is 0.330 e. The van der Waals surface area contributed by atoms with Crippen molar-refractivity contribution in [2.45, 2.75) is 5.41 Å². The number of rotatable bonds is 13. The van der Waals surface area contributed by atoms with E-state index < -0.39 is 17.4 Å². The lowest BCUT2D eigenvalue weighted by Crippen LogP contribution is -2.28. The number of benzene rings is 5. The summed E-state index contributed by atoms with van der Waals surface area (Å²) in [5.74, 6) is 1.09. The van der Waals surface area contributed by atoms with Gasteiger partial charge in [0.25, 0.3) is 0 Å². The second kappa shape index (κ2) is 13.7. The highest BCUT2D eigenvalue weighted by molar-refractivity contribution is 6.04. The van der Waals surface area contributed by atoms with Crippen LogP contribution in [-0.4, -0.2) is 45.5 Å². The number of ether oxygens (including phenoxy) is 5. The normalized spacial score (nSPS) is 12.4. The van der Waals surface area contributed by atoms with Gasteiger partial charge in [0.05, 0.1) is 12.5 Å². The van der Waals surface area contributed by atoms with Crippen molar-refractivity contribution in [2.24, 2.45) is 0 Å². The Kier molecular flexibility index (Phi) is 9.06. The van der Waals surface area contributed by atoms with Gasteiger partial charge in [-0.3, -0.25) is 0 Å². The molecule has 0 bridgehead atoms. The lowest BCUT2D eigenvalue weighted by molar-refractivity contribution is -0.139.